The van der Waals surface area contributed by atoms with Crippen LogP contribution in [0.1, 0.15) is 15.9 Å². The summed E-state index contributed by atoms with van der Waals surface area (Å²) >= 11 is 3.46. The minimum Gasteiger partial charge on any atom is -0.465 e. The second-order valence-corrected chi connectivity index (χ2v) is 5.79. The van der Waals surface area contributed by atoms with Crippen LogP contribution in [-0.4, -0.2) is 56.1 Å². The van der Waals surface area contributed by atoms with Gasteiger partial charge in [-0.05, 0) is 30.8 Å². The lowest BCUT2D eigenvalue weighted by molar-refractivity contribution is 0.0597. The topological polar surface area (TPSA) is 32.8 Å². The fourth-order valence-corrected chi connectivity index (χ4v) is 2.66. The predicted molar refractivity (Wildman–Crippen MR) is 78.3 cm³/mol. The molecule has 1 heterocycles. The van der Waals surface area contributed by atoms with Crippen molar-refractivity contribution in [3.8, 4) is 0 Å². The Morgan fingerprint density at radius 1 is 1.32 bits per heavy atom. The molecule has 0 saturated carbocycles. The molecule has 5 heteroatoms. The normalized spacial score (nSPS) is 17.4. The van der Waals surface area contributed by atoms with Crippen LogP contribution in [0, 0.1) is 0 Å². The van der Waals surface area contributed by atoms with E-state index in [1.807, 2.05) is 18.2 Å². The van der Waals surface area contributed by atoms with Crippen LogP contribution >= 0.6 is 15.9 Å². The van der Waals surface area contributed by atoms with E-state index in [4.69, 9.17) is 4.74 Å². The van der Waals surface area contributed by atoms with Gasteiger partial charge in [0.25, 0.3) is 0 Å². The van der Waals surface area contributed by atoms with Crippen molar-refractivity contribution >= 4 is 21.9 Å². The van der Waals surface area contributed by atoms with Crippen LogP contribution in [0.25, 0.3) is 0 Å². The summed E-state index contributed by atoms with van der Waals surface area (Å²) in [6, 6.07) is 5.70. The average Bonchev–Trinajstić information content (AvgIpc) is 2.41. The van der Waals surface area contributed by atoms with Crippen LogP contribution in [0.2, 0.25) is 0 Å². The Kier molecular flexibility index (Phi) is 4.96. The Balaban J connectivity index is 2.14. The van der Waals surface area contributed by atoms with Gasteiger partial charge >= 0.3 is 5.97 Å². The molecule has 1 aromatic rings. The number of ether oxygens (including phenoxy) is 1. The van der Waals surface area contributed by atoms with Crippen LogP contribution in [0.4, 0.5) is 0 Å². The smallest absolute Gasteiger partial charge is 0.338 e. The van der Waals surface area contributed by atoms with E-state index in [0.29, 0.717) is 5.56 Å². The van der Waals surface area contributed by atoms with E-state index in [1.54, 1.807) is 0 Å². The average molecular weight is 327 g/mol. The standard InChI is InChI=1S/C14H19BrN2O2/c1-16-5-7-17(8-6-16)10-11-9-12(15)3-4-13(11)14(18)19-2/h3-4,9H,5-8,10H2,1-2H3. The molecule has 0 atom stereocenters. The van der Waals surface area contributed by atoms with Gasteiger partial charge < -0.3 is 9.64 Å². The molecule has 4 nitrogen and oxygen atoms in total. The molecule has 104 valence electrons. The highest BCUT2D eigenvalue weighted by atomic mass is 79.9. The highest BCUT2D eigenvalue weighted by Crippen LogP contribution is 2.20. The number of hydrogen-bond acceptors (Lipinski definition) is 4. The summed E-state index contributed by atoms with van der Waals surface area (Å²) in [7, 11) is 3.56. The monoisotopic (exact) mass is 326 g/mol. The molecule has 0 radical (unpaired) electrons. The minimum absolute atomic E-state index is 0.267. The molecule has 0 unspecified atom stereocenters. The first-order valence-electron chi connectivity index (χ1n) is 6.38. The van der Waals surface area contributed by atoms with E-state index in [9.17, 15) is 4.79 Å². The molecule has 1 aliphatic heterocycles. The fraction of sp³-hybridized carbons (Fsp3) is 0.500. The predicted octanol–water partition coefficient (Wildman–Crippen LogP) is 1.98. The summed E-state index contributed by atoms with van der Waals surface area (Å²) in [5.74, 6) is -0.267. The molecule has 0 aliphatic carbocycles. The van der Waals surface area contributed by atoms with Gasteiger partial charge in [0.2, 0.25) is 0 Å². The van der Waals surface area contributed by atoms with Gasteiger partial charge in [-0.2, -0.15) is 0 Å². The van der Waals surface area contributed by atoms with Crippen LogP contribution in [0.3, 0.4) is 0 Å². The first kappa shape index (κ1) is 14.5. The summed E-state index contributed by atoms with van der Waals surface area (Å²) in [6.07, 6.45) is 0. The molecule has 1 aliphatic rings. The number of halogens is 1. The highest BCUT2D eigenvalue weighted by molar-refractivity contribution is 9.10. The number of hydrogen-bond donors (Lipinski definition) is 0. The van der Waals surface area contributed by atoms with Crippen LogP contribution in [0.5, 0.6) is 0 Å². The molecule has 0 amide bonds. The molecule has 0 N–H and O–H groups in total. The molecule has 1 fully saturated rings. The summed E-state index contributed by atoms with van der Waals surface area (Å²) in [5, 5.41) is 0. The van der Waals surface area contributed by atoms with Gasteiger partial charge in [-0.1, -0.05) is 15.9 Å². The lowest BCUT2D eigenvalue weighted by Crippen LogP contribution is -2.44. The van der Waals surface area contributed by atoms with Crippen molar-refractivity contribution in [2.45, 2.75) is 6.54 Å². The van der Waals surface area contributed by atoms with Crippen molar-refractivity contribution in [3.63, 3.8) is 0 Å². The largest absolute Gasteiger partial charge is 0.465 e. The van der Waals surface area contributed by atoms with E-state index in [2.05, 4.69) is 32.8 Å². The molecular formula is C14H19BrN2O2. The molecular weight excluding hydrogens is 308 g/mol. The molecule has 0 aromatic heterocycles. The van der Waals surface area contributed by atoms with Gasteiger partial charge in [0, 0.05) is 37.2 Å². The maximum atomic E-state index is 11.8. The number of carbonyl (C=O) groups excluding carboxylic acids is 1. The van der Waals surface area contributed by atoms with Gasteiger partial charge in [0.1, 0.15) is 0 Å². The van der Waals surface area contributed by atoms with Crippen molar-refractivity contribution in [2.24, 2.45) is 0 Å². The van der Waals surface area contributed by atoms with Crippen molar-refractivity contribution in [3.05, 3.63) is 33.8 Å². The SMILES string of the molecule is COC(=O)c1ccc(Br)cc1CN1CCN(C)CC1. The van der Waals surface area contributed by atoms with Crippen LogP contribution in [0.15, 0.2) is 22.7 Å². The Bertz CT molecular complexity index is 457. The maximum Gasteiger partial charge on any atom is 0.338 e. The molecule has 0 bridgehead atoms. The van der Waals surface area contributed by atoms with Gasteiger partial charge in [-0.15, -0.1) is 0 Å². The highest BCUT2D eigenvalue weighted by Gasteiger charge is 2.18. The van der Waals surface area contributed by atoms with Crippen LogP contribution < -0.4 is 0 Å². The third kappa shape index (κ3) is 3.78. The second kappa shape index (κ2) is 6.50. The van der Waals surface area contributed by atoms with Gasteiger partial charge in [-0.3, -0.25) is 4.90 Å². The van der Waals surface area contributed by atoms with Crippen molar-refractivity contribution < 1.29 is 9.53 Å². The number of methoxy groups -OCH3 is 1. The Labute approximate surface area is 122 Å². The first-order chi connectivity index (χ1) is 9.10. The number of benzene rings is 1. The van der Waals surface area contributed by atoms with Gasteiger partial charge in [0.15, 0.2) is 0 Å². The quantitative estimate of drug-likeness (QED) is 0.795. The molecule has 0 spiro atoms. The minimum atomic E-state index is -0.267. The number of carbonyl (C=O) groups is 1. The fourth-order valence-electron chi connectivity index (χ4n) is 2.25. The number of rotatable bonds is 3. The van der Waals surface area contributed by atoms with E-state index in [-0.39, 0.29) is 5.97 Å². The zero-order chi connectivity index (χ0) is 13.8. The van der Waals surface area contributed by atoms with E-state index in [1.165, 1.54) is 7.11 Å². The maximum absolute atomic E-state index is 11.8. The van der Waals surface area contributed by atoms with Crippen molar-refractivity contribution in [1.82, 2.24) is 9.80 Å². The third-order valence-corrected chi connectivity index (χ3v) is 3.96. The zero-order valence-electron chi connectivity index (χ0n) is 11.4. The van der Waals surface area contributed by atoms with Crippen molar-refractivity contribution in [1.29, 1.82) is 0 Å². The van der Waals surface area contributed by atoms with E-state index >= 15 is 0 Å². The van der Waals surface area contributed by atoms with E-state index in [0.717, 1.165) is 42.8 Å². The summed E-state index contributed by atoms with van der Waals surface area (Å²) < 4.78 is 5.83. The van der Waals surface area contributed by atoms with Gasteiger partial charge in [-0.25, -0.2) is 4.79 Å². The lowest BCUT2D eigenvalue weighted by Gasteiger charge is -2.32. The third-order valence-electron chi connectivity index (χ3n) is 3.46. The molecule has 1 saturated heterocycles. The summed E-state index contributed by atoms with van der Waals surface area (Å²) in [4.78, 5) is 16.5. The molecule has 2 rings (SSSR count). The summed E-state index contributed by atoms with van der Waals surface area (Å²) in [6.45, 7) is 4.99. The summed E-state index contributed by atoms with van der Waals surface area (Å²) in [5.41, 5.74) is 1.68. The van der Waals surface area contributed by atoms with E-state index < -0.39 is 0 Å². The first-order valence-corrected chi connectivity index (χ1v) is 7.17. The van der Waals surface area contributed by atoms with Crippen LogP contribution in [-0.2, 0) is 11.3 Å². The number of esters is 1. The number of nitrogens with zero attached hydrogens (tertiary/aromatic N) is 2. The lowest BCUT2D eigenvalue weighted by atomic mass is 10.1. The molecule has 1 aromatic carbocycles. The Morgan fingerprint density at radius 3 is 2.63 bits per heavy atom. The van der Waals surface area contributed by atoms with Gasteiger partial charge in [0.05, 0.1) is 12.7 Å². The van der Waals surface area contributed by atoms with Crippen molar-refractivity contribution in [2.75, 3.05) is 40.3 Å². The number of likely N-dealkylation sites (N-methyl/N-ethyl adjacent to an activating group) is 1. The molecule has 19 heavy (non-hydrogen) atoms. The Hall–Kier alpha value is -0.910. The Morgan fingerprint density at radius 2 is 2.00 bits per heavy atom. The second-order valence-electron chi connectivity index (χ2n) is 4.87. The zero-order valence-corrected chi connectivity index (χ0v) is 12.9. The number of piperazine rings is 1.